The van der Waals surface area contributed by atoms with Crippen molar-refractivity contribution in [1.82, 2.24) is 0 Å². The van der Waals surface area contributed by atoms with Crippen LogP contribution in [0.2, 0.25) is 0 Å². The number of hydrogen-bond acceptors (Lipinski definition) is 6. The lowest BCUT2D eigenvalue weighted by Gasteiger charge is -2.17. The summed E-state index contributed by atoms with van der Waals surface area (Å²) in [5, 5.41) is 0.806. The Hall–Kier alpha value is -2.48. The number of para-hydroxylation sites is 2. The van der Waals surface area contributed by atoms with E-state index in [9.17, 15) is 4.79 Å². The number of furan rings is 1. The van der Waals surface area contributed by atoms with E-state index >= 15 is 0 Å². The van der Waals surface area contributed by atoms with Crippen molar-refractivity contribution in [3.05, 3.63) is 83.0 Å². The molecule has 0 saturated carbocycles. The molecule has 0 N–H and O–H groups in total. The molecule has 146 valence electrons. The maximum atomic E-state index is 13.0. The Balaban J connectivity index is 1.50. The van der Waals surface area contributed by atoms with Crippen LogP contribution in [0, 0.1) is 0 Å². The highest BCUT2D eigenvalue weighted by atomic mass is 32.2. The van der Waals surface area contributed by atoms with E-state index in [1.165, 1.54) is 22.2 Å². The van der Waals surface area contributed by atoms with Gasteiger partial charge in [0, 0.05) is 11.8 Å². The molecular weight excluding hydrogens is 422 g/mol. The van der Waals surface area contributed by atoms with Crippen LogP contribution in [-0.2, 0) is 10.5 Å². The van der Waals surface area contributed by atoms with Crippen LogP contribution < -0.4 is 9.64 Å². The van der Waals surface area contributed by atoms with E-state index in [-0.39, 0.29) is 5.91 Å². The highest BCUT2D eigenvalue weighted by Crippen LogP contribution is 2.40. The van der Waals surface area contributed by atoms with Gasteiger partial charge in [-0.25, -0.2) is 0 Å². The fraction of sp³-hybridized carbons (Fsp3) is 0.0909. The summed E-state index contributed by atoms with van der Waals surface area (Å²) in [6, 6.07) is 21.3. The first-order chi connectivity index (χ1) is 14.2. The quantitative estimate of drug-likeness (QED) is 0.267. The van der Waals surface area contributed by atoms with Crippen molar-refractivity contribution in [2.24, 2.45) is 0 Å². The van der Waals surface area contributed by atoms with Gasteiger partial charge in [0.15, 0.2) is 9.41 Å². The predicted molar refractivity (Wildman–Crippen MR) is 123 cm³/mol. The SMILES string of the molecule is COc1ccccc1N1C(=O)C(=Cc2ccc(SCc3ccccc3)o2)SC1=S. The van der Waals surface area contributed by atoms with Crippen LogP contribution in [0.4, 0.5) is 5.69 Å². The maximum Gasteiger partial charge on any atom is 0.271 e. The first-order valence-corrected chi connectivity index (χ1v) is 11.0. The number of amides is 1. The van der Waals surface area contributed by atoms with E-state index < -0.39 is 0 Å². The van der Waals surface area contributed by atoms with Crippen molar-refractivity contribution in [3.63, 3.8) is 0 Å². The number of anilines is 1. The average Bonchev–Trinajstić information content (AvgIpc) is 3.31. The van der Waals surface area contributed by atoms with Gasteiger partial charge in [-0.1, -0.05) is 78.2 Å². The number of thioether (sulfide) groups is 2. The van der Waals surface area contributed by atoms with Crippen molar-refractivity contribution in [2.45, 2.75) is 10.8 Å². The molecule has 4 rings (SSSR count). The molecule has 0 radical (unpaired) electrons. The highest BCUT2D eigenvalue weighted by Gasteiger charge is 2.35. The Morgan fingerprint density at radius 1 is 1.10 bits per heavy atom. The Labute approximate surface area is 182 Å². The Morgan fingerprint density at radius 3 is 2.66 bits per heavy atom. The van der Waals surface area contributed by atoms with Gasteiger partial charge in [0.25, 0.3) is 5.91 Å². The summed E-state index contributed by atoms with van der Waals surface area (Å²) in [7, 11) is 1.57. The smallest absolute Gasteiger partial charge is 0.271 e. The first kappa shape index (κ1) is 19.8. The Kier molecular flexibility index (Phi) is 6.08. The van der Waals surface area contributed by atoms with Crippen LogP contribution in [-0.4, -0.2) is 17.3 Å². The molecule has 1 aromatic heterocycles. The van der Waals surface area contributed by atoms with E-state index in [1.807, 2.05) is 48.5 Å². The van der Waals surface area contributed by atoms with Gasteiger partial charge in [0.05, 0.1) is 17.7 Å². The zero-order chi connectivity index (χ0) is 20.2. The van der Waals surface area contributed by atoms with Crippen molar-refractivity contribution in [1.29, 1.82) is 0 Å². The second kappa shape index (κ2) is 8.90. The fourth-order valence-electron chi connectivity index (χ4n) is 2.84. The summed E-state index contributed by atoms with van der Waals surface area (Å²) in [4.78, 5) is 15.0. The van der Waals surface area contributed by atoms with Gasteiger partial charge in [0.1, 0.15) is 11.5 Å². The highest BCUT2D eigenvalue weighted by molar-refractivity contribution is 8.27. The third-order valence-electron chi connectivity index (χ3n) is 4.22. The molecular formula is C22H17NO3S3. The zero-order valence-electron chi connectivity index (χ0n) is 15.5. The van der Waals surface area contributed by atoms with Gasteiger partial charge in [0.2, 0.25) is 0 Å². The molecule has 0 unspecified atom stereocenters. The standard InChI is InChI=1S/C22H17NO3S3/c1-25-18-10-6-5-9-17(18)23-21(24)19(29-22(23)27)13-16-11-12-20(26-16)28-14-15-7-3-2-4-8-15/h2-13H,14H2,1H3. The van der Waals surface area contributed by atoms with Crippen LogP contribution in [0.1, 0.15) is 11.3 Å². The van der Waals surface area contributed by atoms with Crippen LogP contribution in [0.3, 0.4) is 0 Å². The minimum Gasteiger partial charge on any atom is -0.495 e. The monoisotopic (exact) mass is 439 g/mol. The van der Waals surface area contributed by atoms with E-state index in [2.05, 4.69) is 12.1 Å². The zero-order valence-corrected chi connectivity index (χ0v) is 18.0. The third kappa shape index (κ3) is 4.42. The number of carbonyl (C=O) groups is 1. The van der Waals surface area contributed by atoms with Gasteiger partial charge < -0.3 is 9.15 Å². The molecule has 29 heavy (non-hydrogen) atoms. The largest absolute Gasteiger partial charge is 0.495 e. The lowest BCUT2D eigenvalue weighted by Crippen LogP contribution is -2.27. The second-order valence-corrected chi connectivity index (χ2v) is 8.78. The van der Waals surface area contributed by atoms with E-state index in [0.29, 0.717) is 26.4 Å². The topological polar surface area (TPSA) is 42.7 Å². The maximum absolute atomic E-state index is 13.0. The number of benzene rings is 2. The molecule has 1 amide bonds. The molecule has 7 heteroatoms. The molecule has 0 atom stereocenters. The summed E-state index contributed by atoms with van der Waals surface area (Å²) in [6.07, 6.45) is 1.74. The molecule has 1 saturated heterocycles. The molecule has 0 aliphatic carbocycles. The van der Waals surface area contributed by atoms with Crippen molar-refractivity contribution in [2.75, 3.05) is 12.0 Å². The number of rotatable bonds is 6. The molecule has 4 nitrogen and oxygen atoms in total. The normalized spacial score (nSPS) is 15.3. The molecule has 1 aliphatic heterocycles. The molecule has 0 spiro atoms. The molecule has 3 aromatic rings. The van der Waals surface area contributed by atoms with Gasteiger partial charge in [-0.15, -0.1) is 0 Å². The lowest BCUT2D eigenvalue weighted by molar-refractivity contribution is -0.113. The summed E-state index contributed by atoms with van der Waals surface area (Å²) >= 11 is 8.31. The van der Waals surface area contributed by atoms with Gasteiger partial charge >= 0.3 is 0 Å². The minimum atomic E-state index is -0.181. The lowest BCUT2D eigenvalue weighted by atomic mass is 10.2. The van der Waals surface area contributed by atoms with Gasteiger partial charge in [-0.2, -0.15) is 0 Å². The summed E-state index contributed by atoms with van der Waals surface area (Å²) in [5.41, 5.74) is 1.87. The average molecular weight is 440 g/mol. The Bertz CT molecular complexity index is 1080. The second-order valence-electron chi connectivity index (χ2n) is 6.12. The molecule has 2 aromatic carbocycles. The molecule has 1 aliphatic rings. The van der Waals surface area contributed by atoms with E-state index in [1.54, 1.807) is 31.0 Å². The number of hydrogen-bond donors (Lipinski definition) is 0. The van der Waals surface area contributed by atoms with Crippen molar-refractivity contribution in [3.8, 4) is 5.75 Å². The van der Waals surface area contributed by atoms with Crippen LogP contribution in [0.5, 0.6) is 5.75 Å². The summed E-state index contributed by atoms with van der Waals surface area (Å²) < 4.78 is 11.7. The number of nitrogens with zero attached hydrogens (tertiary/aromatic N) is 1. The van der Waals surface area contributed by atoms with Crippen molar-refractivity contribution < 1.29 is 13.9 Å². The number of ether oxygens (including phenoxy) is 1. The summed E-state index contributed by atoms with van der Waals surface area (Å²) in [6.45, 7) is 0. The van der Waals surface area contributed by atoms with Gasteiger partial charge in [-0.3, -0.25) is 9.69 Å². The van der Waals surface area contributed by atoms with Crippen LogP contribution in [0.15, 0.2) is 81.1 Å². The van der Waals surface area contributed by atoms with Crippen molar-refractivity contribution >= 4 is 57.7 Å². The molecule has 0 bridgehead atoms. The number of methoxy groups -OCH3 is 1. The van der Waals surface area contributed by atoms with E-state index in [4.69, 9.17) is 21.4 Å². The van der Waals surface area contributed by atoms with E-state index in [0.717, 1.165) is 10.8 Å². The molecule has 2 heterocycles. The third-order valence-corrected chi connectivity index (χ3v) is 6.50. The first-order valence-electron chi connectivity index (χ1n) is 8.83. The minimum absolute atomic E-state index is 0.181. The van der Waals surface area contributed by atoms with Gasteiger partial charge in [-0.05, 0) is 29.8 Å². The van der Waals surface area contributed by atoms with Crippen LogP contribution >= 0.6 is 35.7 Å². The fourth-order valence-corrected chi connectivity index (χ4v) is 4.92. The predicted octanol–water partition coefficient (Wildman–Crippen LogP) is 5.99. The van der Waals surface area contributed by atoms with Crippen LogP contribution in [0.25, 0.3) is 6.08 Å². The number of thiocarbonyl (C=S) groups is 1. The Morgan fingerprint density at radius 2 is 1.86 bits per heavy atom. The summed E-state index contributed by atoms with van der Waals surface area (Å²) in [5.74, 6) is 1.87. The number of carbonyl (C=O) groups excluding carboxylic acids is 1. The molecule has 1 fully saturated rings.